The number of imide groups is 1. The van der Waals surface area contributed by atoms with Gasteiger partial charge in [-0.3, -0.25) is 4.79 Å². The molecule has 1 aromatic rings. The number of carbonyl (C=O) groups is 2. The molecular weight excluding hydrogens is 282 g/mol. The zero-order valence-electron chi connectivity index (χ0n) is 11.8. The lowest BCUT2D eigenvalue weighted by Gasteiger charge is -2.30. The van der Waals surface area contributed by atoms with Crippen LogP contribution >= 0.6 is 11.6 Å². The van der Waals surface area contributed by atoms with Gasteiger partial charge in [-0.25, -0.2) is 14.8 Å². The van der Waals surface area contributed by atoms with Crippen molar-refractivity contribution in [3.05, 3.63) is 16.5 Å². The summed E-state index contributed by atoms with van der Waals surface area (Å²) in [4.78, 5) is 32.4. The molecule has 108 valence electrons. The molecular formula is C13H16ClN3O3. The standard InChI is InChI=1S/C13H16ClN3O3/c1-6-5-7(18)17(12(19)20)10-8(6)9(14)15-11(16-10)13(2,3)4/h6H,5H2,1-4H3,(H,19,20). The van der Waals surface area contributed by atoms with Crippen LogP contribution in [-0.2, 0) is 10.2 Å². The highest BCUT2D eigenvalue weighted by Crippen LogP contribution is 2.39. The largest absolute Gasteiger partial charge is 0.464 e. The normalized spacial score (nSPS) is 18.9. The average Bonchev–Trinajstić information content (AvgIpc) is 2.25. The van der Waals surface area contributed by atoms with Crippen molar-refractivity contribution < 1.29 is 14.7 Å². The molecule has 0 aliphatic carbocycles. The molecule has 0 saturated heterocycles. The molecule has 0 fully saturated rings. The number of carbonyl (C=O) groups excluding carboxylic acids is 1. The lowest BCUT2D eigenvalue weighted by Crippen LogP contribution is -2.41. The summed E-state index contributed by atoms with van der Waals surface area (Å²) >= 11 is 6.18. The van der Waals surface area contributed by atoms with Crippen molar-refractivity contribution in [2.75, 3.05) is 4.90 Å². The van der Waals surface area contributed by atoms with Gasteiger partial charge in [0.05, 0.1) is 0 Å². The molecule has 2 heterocycles. The Morgan fingerprint density at radius 2 is 2.00 bits per heavy atom. The molecule has 1 aliphatic heterocycles. The van der Waals surface area contributed by atoms with Crippen molar-refractivity contribution in [1.82, 2.24) is 9.97 Å². The molecule has 1 atom stereocenters. The number of nitrogens with zero attached hydrogens (tertiary/aromatic N) is 3. The fourth-order valence-corrected chi connectivity index (χ4v) is 2.48. The Labute approximate surface area is 121 Å². The molecule has 1 unspecified atom stereocenters. The van der Waals surface area contributed by atoms with E-state index < -0.39 is 17.4 Å². The second-order valence-electron chi connectivity index (χ2n) is 5.94. The van der Waals surface area contributed by atoms with Gasteiger partial charge < -0.3 is 5.11 Å². The van der Waals surface area contributed by atoms with Crippen LogP contribution in [0.2, 0.25) is 5.15 Å². The minimum atomic E-state index is -1.35. The van der Waals surface area contributed by atoms with Crippen molar-refractivity contribution >= 4 is 29.4 Å². The minimum Gasteiger partial charge on any atom is -0.464 e. The highest BCUT2D eigenvalue weighted by molar-refractivity contribution is 6.31. The Morgan fingerprint density at radius 3 is 2.50 bits per heavy atom. The third-order valence-corrected chi connectivity index (χ3v) is 3.46. The van der Waals surface area contributed by atoms with Gasteiger partial charge in [0.25, 0.3) is 0 Å². The summed E-state index contributed by atoms with van der Waals surface area (Å²) in [6.07, 6.45) is -1.27. The number of hydrogen-bond donors (Lipinski definition) is 1. The monoisotopic (exact) mass is 297 g/mol. The van der Waals surface area contributed by atoms with Gasteiger partial charge in [-0.15, -0.1) is 0 Å². The van der Waals surface area contributed by atoms with Crippen LogP contribution in [0.1, 0.15) is 51.4 Å². The lowest BCUT2D eigenvalue weighted by molar-refractivity contribution is -0.118. The van der Waals surface area contributed by atoms with Crippen LogP contribution in [0.15, 0.2) is 0 Å². The predicted octanol–water partition coefficient (Wildman–Crippen LogP) is 2.95. The SMILES string of the molecule is CC1CC(=O)N(C(=O)O)c2nc(C(C)(C)C)nc(Cl)c21. The number of amides is 2. The molecule has 1 aromatic heterocycles. The summed E-state index contributed by atoms with van der Waals surface area (Å²) in [7, 11) is 0. The van der Waals surface area contributed by atoms with Crippen LogP contribution in [-0.4, -0.2) is 27.1 Å². The van der Waals surface area contributed by atoms with E-state index in [1.807, 2.05) is 27.7 Å². The average molecular weight is 298 g/mol. The summed E-state index contributed by atoms with van der Waals surface area (Å²) in [5.74, 6) is -0.192. The van der Waals surface area contributed by atoms with Gasteiger partial charge in [-0.05, 0) is 5.92 Å². The first kappa shape index (κ1) is 14.7. The Balaban J connectivity index is 2.72. The maximum atomic E-state index is 11.9. The minimum absolute atomic E-state index is 0.0806. The zero-order chi connectivity index (χ0) is 15.2. The fourth-order valence-electron chi connectivity index (χ4n) is 2.13. The van der Waals surface area contributed by atoms with Gasteiger partial charge >= 0.3 is 6.09 Å². The van der Waals surface area contributed by atoms with Crippen LogP contribution < -0.4 is 4.90 Å². The first-order valence-corrected chi connectivity index (χ1v) is 6.64. The smallest absolute Gasteiger partial charge is 0.420 e. The molecule has 1 aliphatic rings. The van der Waals surface area contributed by atoms with E-state index >= 15 is 0 Å². The van der Waals surface area contributed by atoms with E-state index in [4.69, 9.17) is 11.6 Å². The number of rotatable bonds is 0. The molecule has 0 bridgehead atoms. The van der Waals surface area contributed by atoms with E-state index in [1.165, 1.54) is 0 Å². The van der Waals surface area contributed by atoms with E-state index in [0.29, 0.717) is 16.3 Å². The molecule has 0 saturated carbocycles. The van der Waals surface area contributed by atoms with Crippen molar-refractivity contribution in [1.29, 1.82) is 0 Å². The molecule has 0 aromatic carbocycles. The van der Waals surface area contributed by atoms with Crippen LogP contribution in [0, 0.1) is 0 Å². The van der Waals surface area contributed by atoms with Crippen LogP contribution in [0.25, 0.3) is 0 Å². The third-order valence-electron chi connectivity index (χ3n) is 3.18. The topological polar surface area (TPSA) is 83.4 Å². The van der Waals surface area contributed by atoms with Gasteiger partial charge in [-0.1, -0.05) is 39.3 Å². The lowest BCUT2D eigenvalue weighted by atomic mass is 9.92. The first-order valence-electron chi connectivity index (χ1n) is 6.26. The maximum absolute atomic E-state index is 11.9. The van der Waals surface area contributed by atoms with Crippen LogP contribution in [0.5, 0.6) is 0 Å². The second-order valence-corrected chi connectivity index (χ2v) is 6.30. The van der Waals surface area contributed by atoms with Crippen LogP contribution in [0.3, 0.4) is 0 Å². The number of aromatic nitrogens is 2. The summed E-state index contributed by atoms with van der Waals surface area (Å²) in [5, 5.41) is 9.44. The number of carboxylic acid groups (broad SMARTS) is 1. The second kappa shape index (κ2) is 4.70. The van der Waals surface area contributed by atoms with Crippen molar-refractivity contribution in [3.63, 3.8) is 0 Å². The number of halogens is 1. The number of anilines is 1. The highest BCUT2D eigenvalue weighted by Gasteiger charge is 2.37. The molecule has 7 heteroatoms. The van der Waals surface area contributed by atoms with Crippen molar-refractivity contribution in [2.24, 2.45) is 0 Å². The van der Waals surface area contributed by atoms with E-state index in [0.717, 1.165) is 0 Å². The summed E-state index contributed by atoms with van der Waals surface area (Å²) in [6.45, 7) is 7.49. The molecule has 2 rings (SSSR count). The first-order chi connectivity index (χ1) is 9.12. The van der Waals surface area contributed by atoms with Crippen molar-refractivity contribution in [2.45, 2.75) is 45.4 Å². The Kier molecular flexibility index (Phi) is 3.46. The molecule has 0 spiro atoms. The van der Waals surface area contributed by atoms with Gasteiger partial charge in [-0.2, -0.15) is 4.90 Å². The number of fused-ring (bicyclic) bond motifs is 1. The Hall–Kier alpha value is -1.69. The maximum Gasteiger partial charge on any atom is 0.420 e. The zero-order valence-corrected chi connectivity index (χ0v) is 12.5. The Morgan fingerprint density at radius 1 is 1.40 bits per heavy atom. The Bertz CT molecular complexity index is 595. The predicted molar refractivity (Wildman–Crippen MR) is 74.3 cm³/mol. The molecule has 0 radical (unpaired) electrons. The molecule has 2 amide bonds. The van der Waals surface area contributed by atoms with Crippen LogP contribution in [0.4, 0.5) is 10.6 Å². The summed E-state index contributed by atoms with van der Waals surface area (Å²) in [6, 6.07) is 0. The third kappa shape index (κ3) is 2.35. The van der Waals surface area contributed by atoms with E-state index in [2.05, 4.69) is 9.97 Å². The number of hydrogen-bond acceptors (Lipinski definition) is 4. The van der Waals surface area contributed by atoms with E-state index in [1.54, 1.807) is 0 Å². The molecule has 1 N–H and O–H groups in total. The fraction of sp³-hybridized carbons (Fsp3) is 0.538. The molecule has 6 nitrogen and oxygen atoms in total. The molecule has 20 heavy (non-hydrogen) atoms. The van der Waals surface area contributed by atoms with Crippen molar-refractivity contribution in [3.8, 4) is 0 Å². The van der Waals surface area contributed by atoms with E-state index in [9.17, 15) is 14.7 Å². The summed E-state index contributed by atoms with van der Waals surface area (Å²) < 4.78 is 0. The highest BCUT2D eigenvalue weighted by atomic mass is 35.5. The van der Waals surface area contributed by atoms with Gasteiger partial charge in [0.2, 0.25) is 5.91 Å². The van der Waals surface area contributed by atoms with Gasteiger partial charge in [0.15, 0.2) is 5.82 Å². The quantitative estimate of drug-likeness (QED) is 0.744. The van der Waals surface area contributed by atoms with Gasteiger partial charge in [0.1, 0.15) is 11.0 Å². The van der Waals surface area contributed by atoms with Gasteiger partial charge in [0, 0.05) is 17.4 Å². The summed E-state index contributed by atoms with van der Waals surface area (Å²) in [5.41, 5.74) is 0.119. The van der Waals surface area contributed by atoms with E-state index in [-0.39, 0.29) is 23.3 Å².